The van der Waals surface area contributed by atoms with Gasteiger partial charge in [0.25, 0.3) is 0 Å². The van der Waals surface area contributed by atoms with Crippen molar-refractivity contribution in [2.24, 2.45) is 0 Å². The SMILES string of the molecule is CCCCCCCCC(=O)N[C@H](C(=O)O)[C@@H](C)OP(=O)(O)O. The first-order valence-corrected chi connectivity index (χ1v) is 8.96. The number of phosphoric acid groups is 1. The number of carbonyl (C=O) groups is 2. The van der Waals surface area contributed by atoms with E-state index in [2.05, 4.69) is 16.8 Å². The minimum Gasteiger partial charge on any atom is -0.480 e. The molecule has 22 heavy (non-hydrogen) atoms. The second-order valence-corrected chi connectivity index (χ2v) is 6.39. The Morgan fingerprint density at radius 3 is 2.18 bits per heavy atom. The van der Waals surface area contributed by atoms with E-state index in [1.165, 1.54) is 6.92 Å². The molecule has 0 heterocycles. The first kappa shape index (κ1) is 21.0. The van der Waals surface area contributed by atoms with E-state index in [9.17, 15) is 14.2 Å². The lowest BCUT2D eigenvalue weighted by Gasteiger charge is -2.21. The predicted octanol–water partition coefficient (Wildman–Crippen LogP) is 1.80. The van der Waals surface area contributed by atoms with Crippen LogP contribution >= 0.6 is 7.82 Å². The molecule has 0 rings (SSSR count). The van der Waals surface area contributed by atoms with Gasteiger partial charge >= 0.3 is 13.8 Å². The van der Waals surface area contributed by atoms with Crippen LogP contribution in [0.15, 0.2) is 0 Å². The molecule has 0 saturated carbocycles. The summed E-state index contributed by atoms with van der Waals surface area (Å²) in [6.07, 6.45) is 4.81. The molecule has 0 aliphatic rings. The van der Waals surface area contributed by atoms with Gasteiger partial charge in [-0.1, -0.05) is 39.0 Å². The zero-order valence-corrected chi connectivity index (χ0v) is 13.9. The van der Waals surface area contributed by atoms with Gasteiger partial charge in [-0.3, -0.25) is 9.32 Å². The molecule has 9 heteroatoms. The average molecular weight is 339 g/mol. The third kappa shape index (κ3) is 10.7. The van der Waals surface area contributed by atoms with Crippen LogP contribution in [0, 0.1) is 0 Å². The minimum absolute atomic E-state index is 0.179. The summed E-state index contributed by atoms with van der Waals surface area (Å²) in [5.41, 5.74) is 0. The monoisotopic (exact) mass is 339 g/mol. The predicted molar refractivity (Wildman–Crippen MR) is 80.2 cm³/mol. The van der Waals surface area contributed by atoms with Gasteiger partial charge in [-0.05, 0) is 13.3 Å². The van der Waals surface area contributed by atoms with Gasteiger partial charge in [0.1, 0.15) is 0 Å². The van der Waals surface area contributed by atoms with Crippen molar-refractivity contribution in [3.8, 4) is 0 Å². The van der Waals surface area contributed by atoms with Crippen LogP contribution in [0.2, 0.25) is 0 Å². The molecule has 0 aromatic heterocycles. The fourth-order valence-corrected chi connectivity index (χ4v) is 2.52. The molecule has 1 amide bonds. The Kier molecular flexibility index (Phi) is 10.3. The number of phosphoric ester groups is 1. The van der Waals surface area contributed by atoms with E-state index in [-0.39, 0.29) is 6.42 Å². The molecule has 0 aromatic rings. The zero-order chi connectivity index (χ0) is 17.2. The lowest BCUT2D eigenvalue weighted by Crippen LogP contribution is -2.48. The van der Waals surface area contributed by atoms with E-state index in [1.54, 1.807) is 0 Å². The Morgan fingerprint density at radius 1 is 1.14 bits per heavy atom. The van der Waals surface area contributed by atoms with Crippen LogP contribution in [0.25, 0.3) is 0 Å². The highest BCUT2D eigenvalue weighted by atomic mass is 31.2. The third-order valence-corrected chi connectivity index (χ3v) is 3.72. The van der Waals surface area contributed by atoms with Crippen molar-refractivity contribution < 1.29 is 33.6 Å². The average Bonchev–Trinajstić information content (AvgIpc) is 2.37. The van der Waals surface area contributed by atoms with E-state index < -0.39 is 31.8 Å². The molecule has 0 bridgehead atoms. The van der Waals surface area contributed by atoms with Crippen LogP contribution in [-0.2, 0) is 18.7 Å². The molecular formula is C13H26NO7P. The number of amides is 1. The van der Waals surface area contributed by atoms with E-state index in [0.717, 1.165) is 32.1 Å². The largest absolute Gasteiger partial charge is 0.480 e. The molecule has 0 unspecified atom stereocenters. The standard InChI is InChI=1S/C13H26NO7P/c1-3-4-5-6-7-8-9-11(15)14-12(13(16)17)10(2)21-22(18,19)20/h10,12H,3-9H2,1-2H3,(H,14,15)(H,16,17)(H2,18,19,20)/t10-,12+/m1/s1. The molecule has 0 aromatic carbocycles. The number of unbranched alkanes of at least 4 members (excludes halogenated alkanes) is 5. The number of aliphatic carboxylic acids is 1. The first-order valence-electron chi connectivity index (χ1n) is 7.43. The smallest absolute Gasteiger partial charge is 0.469 e. The molecule has 0 fully saturated rings. The molecule has 2 atom stereocenters. The minimum atomic E-state index is -4.81. The first-order chi connectivity index (χ1) is 10.2. The summed E-state index contributed by atoms with van der Waals surface area (Å²) >= 11 is 0. The van der Waals surface area contributed by atoms with E-state index in [1.807, 2.05) is 0 Å². The summed E-state index contributed by atoms with van der Waals surface area (Å²) < 4.78 is 15.0. The maximum absolute atomic E-state index is 11.7. The number of carboxylic acid groups (broad SMARTS) is 1. The number of rotatable bonds is 12. The number of nitrogens with one attached hydrogen (secondary N) is 1. The Bertz CT molecular complexity index is 396. The van der Waals surface area contributed by atoms with Gasteiger partial charge in [0.05, 0.1) is 6.10 Å². The highest BCUT2D eigenvalue weighted by Crippen LogP contribution is 2.38. The summed E-state index contributed by atoms with van der Waals surface area (Å²) in [4.78, 5) is 40.1. The fourth-order valence-electron chi connectivity index (χ4n) is 1.97. The molecule has 0 radical (unpaired) electrons. The molecule has 0 saturated heterocycles. The molecule has 130 valence electrons. The van der Waals surface area contributed by atoms with Crippen LogP contribution in [0.4, 0.5) is 0 Å². The van der Waals surface area contributed by atoms with Crippen molar-refractivity contribution in [1.29, 1.82) is 0 Å². The fraction of sp³-hybridized carbons (Fsp3) is 0.846. The van der Waals surface area contributed by atoms with Crippen LogP contribution in [0.1, 0.15) is 58.8 Å². The molecular weight excluding hydrogens is 313 g/mol. The molecule has 0 aliphatic carbocycles. The summed E-state index contributed by atoms with van der Waals surface area (Å²) in [6.45, 7) is 3.29. The van der Waals surface area contributed by atoms with E-state index >= 15 is 0 Å². The maximum Gasteiger partial charge on any atom is 0.469 e. The van der Waals surface area contributed by atoms with Gasteiger partial charge in [-0.25, -0.2) is 9.36 Å². The highest BCUT2D eigenvalue weighted by molar-refractivity contribution is 7.46. The van der Waals surface area contributed by atoms with Gasteiger partial charge in [0.2, 0.25) is 5.91 Å². The topological polar surface area (TPSA) is 133 Å². The maximum atomic E-state index is 11.7. The normalized spacial score (nSPS) is 14.4. The molecule has 8 nitrogen and oxygen atoms in total. The van der Waals surface area contributed by atoms with Gasteiger partial charge in [0, 0.05) is 6.42 Å². The van der Waals surface area contributed by atoms with Crippen LogP contribution < -0.4 is 5.32 Å². The Morgan fingerprint density at radius 2 is 1.68 bits per heavy atom. The Balaban J connectivity index is 4.19. The van der Waals surface area contributed by atoms with E-state index in [0.29, 0.717) is 6.42 Å². The summed E-state index contributed by atoms with van der Waals surface area (Å²) in [5, 5.41) is 11.2. The van der Waals surface area contributed by atoms with E-state index in [4.69, 9.17) is 14.9 Å². The molecule has 0 aliphatic heterocycles. The Hall–Kier alpha value is -0.950. The lowest BCUT2D eigenvalue weighted by atomic mass is 10.1. The number of carbonyl (C=O) groups excluding carboxylic acids is 1. The second kappa shape index (κ2) is 10.7. The second-order valence-electron chi connectivity index (χ2n) is 5.20. The third-order valence-electron chi connectivity index (χ3n) is 3.11. The summed E-state index contributed by atoms with van der Waals surface area (Å²) in [7, 11) is -4.81. The molecule has 4 N–H and O–H groups in total. The number of hydrogen-bond acceptors (Lipinski definition) is 4. The van der Waals surface area contributed by atoms with Crippen molar-refractivity contribution >= 4 is 19.7 Å². The lowest BCUT2D eigenvalue weighted by molar-refractivity contribution is -0.144. The van der Waals surface area contributed by atoms with Crippen molar-refractivity contribution in [2.45, 2.75) is 70.9 Å². The quantitative estimate of drug-likeness (QED) is 0.315. The van der Waals surface area contributed by atoms with Crippen molar-refractivity contribution in [3.63, 3.8) is 0 Å². The van der Waals surface area contributed by atoms with Crippen molar-refractivity contribution in [3.05, 3.63) is 0 Å². The van der Waals surface area contributed by atoms with Crippen molar-refractivity contribution in [1.82, 2.24) is 5.32 Å². The van der Waals surface area contributed by atoms with Crippen LogP contribution in [0.5, 0.6) is 0 Å². The van der Waals surface area contributed by atoms with Gasteiger partial charge in [0.15, 0.2) is 6.04 Å². The Labute approximate surface area is 130 Å². The zero-order valence-electron chi connectivity index (χ0n) is 13.0. The van der Waals surface area contributed by atoms with Gasteiger partial charge < -0.3 is 20.2 Å². The molecule has 0 spiro atoms. The number of hydrogen-bond donors (Lipinski definition) is 4. The highest BCUT2D eigenvalue weighted by Gasteiger charge is 2.32. The summed E-state index contributed by atoms with van der Waals surface area (Å²) in [6, 6.07) is -1.50. The number of carboxylic acids is 1. The van der Waals surface area contributed by atoms with Gasteiger partial charge in [-0.15, -0.1) is 0 Å². The van der Waals surface area contributed by atoms with Crippen molar-refractivity contribution in [2.75, 3.05) is 0 Å². The van der Waals surface area contributed by atoms with Crippen LogP contribution in [0.3, 0.4) is 0 Å². The summed E-state index contributed by atoms with van der Waals surface area (Å²) in [5.74, 6) is -1.87. The van der Waals surface area contributed by atoms with Gasteiger partial charge in [-0.2, -0.15) is 0 Å². The van der Waals surface area contributed by atoms with Crippen LogP contribution in [-0.4, -0.2) is 38.9 Å².